The Balaban J connectivity index is 2.82. The third kappa shape index (κ3) is 5.63. The fourth-order valence-electron chi connectivity index (χ4n) is 0.316. The van der Waals surface area contributed by atoms with Crippen molar-refractivity contribution in [2.24, 2.45) is 0 Å². The van der Waals surface area contributed by atoms with Crippen LogP contribution in [-0.2, 0) is 4.79 Å². The van der Waals surface area contributed by atoms with Gasteiger partial charge in [0.25, 0.3) is 0 Å². The zero-order valence-electron chi connectivity index (χ0n) is 5.53. The number of nitrogens with one attached hydrogen (secondary N) is 1. The minimum atomic E-state index is -0.494. The van der Waals surface area contributed by atoms with Crippen molar-refractivity contribution in [3.63, 3.8) is 0 Å². The van der Waals surface area contributed by atoms with Gasteiger partial charge in [0.15, 0.2) is 0 Å². The van der Waals surface area contributed by atoms with Gasteiger partial charge in [-0.1, -0.05) is 6.92 Å². The maximum absolute atomic E-state index is 9.95. The SMILES string of the molecule is [2H]C(=O)CCNCC. The van der Waals surface area contributed by atoms with Crippen LogP contribution < -0.4 is 5.32 Å². The van der Waals surface area contributed by atoms with E-state index in [1.165, 1.54) is 0 Å². The second kappa shape index (κ2) is 5.63. The van der Waals surface area contributed by atoms with Crippen LogP contribution in [0, 0.1) is 0 Å². The van der Waals surface area contributed by atoms with Crippen molar-refractivity contribution in [3.05, 3.63) is 0 Å². The lowest BCUT2D eigenvalue weighted by Crippen LogP contribution is -2.13. The molecular weight excluding hydrogens is 90.1 g/mol. The first-order valence-corrected chi connectivity index (χ1v) is 2.47. The highest BCUT2D eigenvalue weighted by Crippen LogP contribution is 1.63. The zero-order chi connectivity index (χ0) is 6.41. The molecule has 0 aromatic carbocycles. The molecule has 0 aromatic rings. The zero-order valence-corrected chi connectivity index (χ0v) is 4.53. The summed E-state index contributed by atoms with van der Waals surface area (Å²) in [5.41, 5.74) is 0. The third-order valence-electron chi connectivity index (χ3n) is 0.654. The van der Waals surface area contributed by atoms with Gasteiger partial charge in [-0.3, -0.25) is 0 Å². The first-order valence-electron chi connectivity index (χ1n) is 2.97. The fraction of sp³-hybridized carbons (Fsp3) is 0.800. The van der Waals surface area contributed by atoms with Gasteiger partial charge in [0.05, 0.1) is 0 Å². The fourth-order valence-corrected chi connectivity index (χ4v) is 0.316. The van der Waals surface area contributed by atoms with E-state index in [1.54, 1.807) is 0 Å². The van der Waals surface area contributed by atoms with Crippen LogP contribution in [0.4, 0.5) is 0 Å². The van der Waals surface area contributed by atoms with Crippen molar-refractivity contribution in [2.75, 3.05) is 13.1 Å². The Kier molecular flexibility index (Phi) is 3.85. The predicted octanol–water partition coefficient (Wildman–Crippen LogP) is 0.185. The molecule has 42 valence electrons. The second-order valence-electron chi connectivity index (χ2n) is 1.25. The standard InChI is InChI=1S/C5H11NO/c1-2-6-4-3-5-7/h5-6H,2-4H2,1H3/i5D. The van der Waals surface area contributed by atoms with Crippen LogP contribution in [0.15, 0.2) is 0 Å². The summed E-state index contributed by atoms with van der Waals surface area (Å²) in [6.07, 6.45) is -0.167. The number of rotatable bonds is 4. The van der Waals surface area contributed by atoms with Crippen molar-refractivity contribution in [3.8, 4) is 0 Å². The summed E-state index contributed by atoms with van der Waals surface area (Å²) < 4.78 is 6.48. The van der Waals surface area contributed by atoms with Crippen LogP contribution in [0.3, 0.4) is 0 Å². The first kappa shape index (κ1) is 4.78. The molecule has 0 aliphatic rings. The van der Waals surface area contributed by atoms with E-state index in [0.717, 1.165) is 6.54 Å². The molecule has 0 heterocycles. The molecule has 0 spiro atoms. The summed E-state index contributed by atoms with van der Waals surface area (Å²) in [4.78, 5) is 9.95. The molecule has 0 saturated carbocycles. The average Bonchev–Trinajstić information content (AvgIpc) is 1.66. The molecule has 0 aliphatic carbocycles. The van der Waals surface area contributed by atoms with Crippen molar-refractivity contribution < 1.29 is 6.17 Å². The summed E-state index contributed by atoms with van der Waals surface area (Å²) in [5.74, 6) is 0. The Morgan fingerprint density at radius 2 is 2.71 bits per heavy atom. The molecule has 0 unspecified atom stereocenters. The maximum Gasteiger partial charge on any atom is 0.121 e. The number of carbonyl (C=O) groups is 1. The average molecular weight is 102 g/mol. The van der Waals surface area contributed by atoms with E-state index < -0.39 is 6.26 Å². The van der Waals surface area contributed by atoms with Gasteiger partial charge in [-0.05, 0) is 6.54 Å². The largest absolute Gasteiger partial charge is 0.317 e. The Labute approximate surface area is 45.3 Å². The minimum Gasteiger partial charge on any atom is -0.317 e. The van der Waals surface area contributed by atoms with Gasteiger partial charge in [0.1, 0.15) is 7.63 Å². The van der Waals surface area contributed by atoms with Crippen molar-refractivity contribution in [2.45, 2.75) is 13.3 Å². The van der Waals surface area contributed by atoms with Crippen LogP contribution in [0.1, 0.15) is 14.7 Å². The molecule has 0 bridgehead atoms. The van der Waals surface area contributed by atoms with E-state index in [-0.39, 0.29) is 0 Å². The predicted molar refractivity (Wildman–Crippen MR) is 29.2 cm³/mol. The molecule has 2 heteroatoms. The van der Waals surface area contributed by atoms with E-state index in [2.05, 4.69) is 5.32 Å². The molecule has 0 atom stereocenters. The van der Waals surface area contributed by atoms with Crippen molar-refractivity contribution >= 4 is 6.26 Å². The number of aldehydes is 1. The van der Waals surface area contributed by atoms with E-state index in [0.29, 0.717) is 13.0 Å². The minimum absolute atomic E-state index is 0.327. The van der Waals surface area contributed by atoms with Gasteiger partial charge in [-0.2, -0.15) is 0 Å². The molecule has 1 N–H and O–H groups in total. The highest BCUT2D eigenvalue weighted by molar-refractivity contribution is 5.49. The number of hydrogen-bond acceptors (Lipinski definition) is 2. The lowest BCUT2D eigenvalue weighted by atomic mass is 10.5. The molecule has 7 heavy (non-hydrogen) atoms. The van der Waals surface area contributed by atoms with Gasteiger partial charge in [-0.15, -0.1) is 0 Å². The molecule has 0 aliphatic heterocycles. The molecular formula is C5H11NO. The van der Waals surface area contributed by atoms with E-state index >= 15 is 0 Å². The Morgan fingerprint density at radius 3 is 3.14 bits per heavy atom. The second-order valence-corrected chi connectivity index (χ2v) is 1.25. The van der Waals surface area contributed by atoms with Crippen LogP contribution in [0.25, 0.3) is 0 Å². The van der Waals surface area contributed by atoms with Crippen LogP contribution in [0.2, 0.25) is 0 Å². The van der Waals surface area contributed by atoms with E-state index in [9.17, 15) is 4.79 Å². The lowest BCUT2D eigenvalue weighted by molar-refractivity contribution is -0.107. The Hall–Kier alpha value is -0.370. The van der Waals surface area contributed by atoms with Gasteiger partial charge < -0.3 is 10.1 Å². The van der Waals surface area contributed by atoms with Crippen molar-refractivity contribution in [1.29, 1.82) is 0 Å². The summed E-state index contributed by atoms with van der Waals surface area (Å²) in [6.45, 7) is 3.47. The topological polar surface area (TPSA) is 29.1 Å². The Bertz CT molecular complexity index is 74.8. The van der Waals surface area contributed by atoms with Gasteiger partial charge in [0.2, 0.25) is 0 Å². The summed E-state index contributed by atoms with van der Waals surface area (Å²) in [7, 11) is 0. The molecule has 0 radical (unpaired) electrons. The smallest absolute Gasteiger partial charge is 0.121 e. The molecule has 2 nitrogen and oxygen atoms in total. The number of carbonyl (C=O) groups excluding carboxylic acids is 1. The molecule has 0 rings (SSSR count). The number of hydrogen-bond donors (Lipinski definition) is 1. The van der Waals surface area contributed by atoms with Crippen LogP contribution in [0.5, 0.6) is 0 Å². The van der Waals surface area contributed by atoms with Crippen LogP contribution in [-0.4, -0.2) is 19.4 Å². The van der Waals surface area contributed by atoms with Gasteiger partial charge in [-0.25, -0.2) is 0 Å². The Morgan fingerprint density at radius 1 is 2.00 bits per heavy atom. The summed E-state index contributed by atoms with van der Waals surface area (Å²) in [6, 6.07) is 0. The monoisotopic (exact) mass is 102 g/mol. The third-order valence-corrected chi connectivity index (χ3v) is 0.654. The van der Waals surface area contributed by atoms with Crippen LogP contribution >= 0.6 is 0 Å². The van der Waals surface area contributed by atoms with Gasteiger partial charge in [0, 0.05) is 13.0 Å². The van der Waals surface area contributed by atoms with E-state index in [1.807, 2.05) is 6.92 Å². The van der Waals surface area contributed by atoms with E-state index in [4.69, 9.17) is 1.37 Å². The molecule has 0 aromatic heterocycles. The highest BCUT2D eigenvalue weighted by Gasteiger charge is 1.77. The molecule has 0 fully saturated rings. The molecule has 0 saturated heterocycles. The highest BCUT2D eigenvalue weighted by atomic mass is 16.1. The first-order chi connectivity index (χ1) is 3.77. The maximum atomic E-state index is 9.95. The summed E-state index contributed by atoms with van der Waals surface area (Å²) >= 11 is 0. The normalized spacial score (nSPS) is 10.7. The van der Waals surface area contributed by atoms with Gasteiger partial charge >= 0.3 is 0 Å². The lowest BCUT2D eigenvalue weighted by Gasteiger charge is -1.91. The quantitative estimate of drug-likeness (QED) is 0.405. The molecule has 0 amide bonds. The summed E-state index contributed by atoms with van der Waals surface area (Å²) in [5, 5.41) is 2.94. The van der Waals surface area contributed by atoms with Crippen molar-refractivity contribution in [1.82, 2.24) is 5.32 Å².